The highest BCUT2D eigenvalue weighted by atomic mass is 14.9. The Labute approximate surface area is 102 Å². The topological polar surface area (TPSA) is 54.7 Å². The molecule has 2 aromatic rings. The van der Waals surface area contributed by atoms with Crippen molar-refractivity contribution in [3.63, 3.8) is 0 Å². The molecule has 0 aliphatic carbocycles. The molecule has 3 N–H and O–H groups in total. The Morgan fingerprint density at radius 2 is 2.00 bits per heavy atom. The zero-order chi connectivity index (χ0) is 12.1. The van der Waals surface area contributed by atoms with E-state index < -0.39 is 0 Å². The summed E-state index contributed by atoms with van der Waals surface area (Å²) in [6.45, 7) is 2.91. The molecule has 17 heavy (non-hydrogen) atoms. The van der Waals surface area contributed by atoms with E-state index in [4.69, 9.17) is 5.73 Å². The van der Waals surface area contributed by atoms with E-state index in [2.05, 4.69) is 35.1 Å². The Kier molecular flexibility index (Phi) is 4.15. The third kappa shape index (κ3) is 3.07. The lowest BCUT2D eigenvalue weighted by Gasteiger charge is -1.97. The Morgan fingerprint density at radius 3 is 2.76 bits per heavy atom. The van der Waals surface area contributed by atoms with Gasteiger partial charge >= 0.3 is 0 Å². The number of rotatable bonds is 6. The van der Waals surface area contributed by atoms with Crippen molar-refractivity contribution < 1.29 is 0 Å². The molecule has 1 heterocycles. The summed E-state index contributed by atoms with van der Waals surface area (Å²) >= 11 is 0. The lowest BCUT2D eigenvalue weighted by Crippen LogP contribution is -1.98. The quantitative estimate of drug-likeness (QED) is 0.751. The maximum Gasteiger partial charge on any atom is 0.107 e. The van der Waals surface area contributed by atoms with Crippen molar-refractivity contribution in [2.75, 3.05) is 6.54 Å². The highest BCUT2D eigenvalue weighted by Gasteiger charge is 2.04. The number of aromatic amines is 1. The van der Waals surface area contributed by atoms with Gasteiger partial charge in [0, 0.05) is 6.42 Å². The number of nitrogens with one attached hydrogen (secondary N) is 1. The van der Waals surface area contributed by atoms with Crippen LogP contribution < -0.4 is 5.73 Å². The second kappa shape index (κ2) is 5.82. The molecule has 0 fully saturated rings. The van der Waals surface area contributed by atoms with Gasteiger partial charge in [-0.3, -0.25) is 0 Å². The molecular weight excluding hydrogens is 210 g/mol. The Morgan fingerprint density at radius 1 is 1.18 bits per heavy atom. The van der Waals surface area contributed by atoms with Crippen LogP contribution in [0.2, 0.25) is 0 Å². The van der Waals surface area contributed by atoms with E-state index in [9.17, 15) is 0 Å². The van der Waals surface area contributed by atoms with Crippen molar-refractivity contribution in [2.45, 2.75) is 39.0 Å². The highest BCUT2D eigenvalue weighted by molar-refractivity contribution is 5.78. The average molecular weight is 231 g/mol. The minimum absolute atomic E-state index is 0.809. The first-order chi connectivity index (χ1) is 8.31. The van der Waals surface area contributed by atoms with Gasteiger partial charge in [-0.25, -0.2) is 4.98 Å². The first-order valence-electron chi connectivity index (χ1n) is 6.45. The number of hydrogen-bond donors (Lipinski definition) is 2. The number of unbranched alkanes of at least 4 members (excludes halogenated alkanes) is 3. The van der Waals surface area contributed by atoms with Crippen molar-refractivity contribution >= 4 is 11.0 Å². The summed E-state index contributed by atoms with van der Waals surface area (Å²) in [4.78, 5) is 8.04. The lowest BCUT2D eigenvalue weighted by atomic mass is 10.1. The van der Waals surface area contributed by atoms with Gasteiger partial charge in [-0.2, -0.15) is 0 Å². The van der Waals surface area contributed by atoms with Crippen molar-refractivity contribution in [1.82, 2.24) is 9.97 Å². The second-order valence-corrected chi connectivity index (χ2v) is 4.61. The average Bonchev–Trinajstić information content (AvgIpc) is 2.73. The molecule has 0 unspecified atom stereocenters. The number of para-hydroxylation sites is 1. The van der Waals surface area contributed by atoms with E-state index in [0.29, 0.717) is 0 Å². The summed E-state index contributed by atoms with van der Waals surface area (Å²) in [5, 5.41) is 0. The molecule has 92 valence electrons. The molecule has 0 spiro atoms. The molecule has 0 aliphatic heterocycles. The summed E-state index contributed by atoms with van der Waals surface area (Å²) in [7, 11) is 0. The number of H-pyrrole nitrogens is 1. The molecule has 1 aromatic carbocycles. The van der Waals surface area contributed by atoms with Gasteiger partial charge in [0.25, 0.3) is 0 Å². The molecule has 1 aromatic heterocycles. The van der Waals surface area contributed by atoms with Crippen LogP contribution in [0.4, 0.5) is 0 Å². The Bertz CT molecular complexity index is 473. The van der Waals surface area contributed by atoms with Crippen molar-refractivity contribution in [3.05, 3.63) is 29.6 Å². The molecule has 3 heteroatoms. The fraction of sp³-hybridized carbons (Fsp3) is 0.500. The van der Waals surface area contributed by atoms with E-state index in [1.807, 2.05) is 0 Å². The molecule has 0 radical (unpaired) electrons. The van der Waals surface area contributed by atoms with Crippen LogP contribution in [0.1, 0.15) is 37.1 Å². The first-order valence-corrected chi connectivity index (χ1v) is 6.45. The zero-order valence-electron chi connectivity index (χ0n) is 10.5. The fourth-order valence-electron chi connectivity index (χ4n) is 2.14. The summed E-state index contributed by atoms with van der Waals surface area (Å²) in [5.41, 5.74) is 8.98. The van der Waals surface area contributed by atoms with Gasteiger partial charge in [-0.05, 0) is 37.9 Å². The number of aromatic nitrogens is 2. The molecule has 0 aliphatic rings. The normalized spacial score (nSPS) is 11.2. The molecule has 2 rings (SSSR count). The van der Waals surface area contributed by atoms with Crippen LogP contribution in [0.5, 0.6) is 0 Å². The van der Waals surface area contributed by atoms with Crippen LogP contribution in [0.25, 0.3) is 11.0 Å². The van der Waals surface area contributed by atoms with Crippen LogP contribution >= 0.6 is 0 Å². The Balaban J connectivity index is 1.93. The van der Waals surface area contributed by atoms with E-state index in [1.165, 1.54) is 24.8 Å². The number of nitrogens with two attached hydrogens (primary N) is 1. The van der Waals surface area contributed by atoms with Crippen molar-refractivity contribution in [2.24, 2.45) is 5.73 Å². The smallest absolute Gasteiger partial charge is 0.107 e. The van der Waals surface area contributed by atoms with Crippen molar-refractivity contribution in [3.8, 4) is 0 Å². The maximum atomic E-state index is 5.47. The van der Waals surface area contributed by atoms with E-state index in [1.54, 1.807) is 0 Å². The summed E-state index contributed by atoms with van der Waals surface area (Å²) in [6.07, 6.45) is 5.85. The first kappa shape index (κ1) is 12.1. The second-order valence-electron chi connectivity index (χ2n) is 4.61. The zero-order valence-corrected chi connectivity index (χ0v) is 10.5. The van der Waals surface area contributed by atoms with Crippen LogP contribution in [-0.4, -0.2) is 16.5 Å². The number of fused-ring (bicyclic) bond motifs is 1. The van der Waals surface area contributed by atoms with Gasteiger partial charge in [0.15, 0.2) is 0 Å². The lowest BCUT2D eigenvalue weighted by molar-refractivity contribution is 0.638. The van der Waals surface area contributed by atoms with Gasteiger partial charge in [-0.15, -0.1) is 0 Å². The maximum absolute atomic E-state index is 5.47. The highest BCUT2D eigenvalue weighted by Crippen LogP contribution is 2.16. The standard InChI is InChI=1S/C14H21N3/c1-11-7-6-8-12-14(11)17-13(16-12)9-4-2-3-5-10-15/h6-8H,2-5,9-10,15H2,1H3,(H,16,17). The predicted molar refractivity (Wildman–Crippen MR) is 72.1 cm³/mol. The van der Waals surface area contributed by atoms with Gasteiger partial charge in [-0.1, -0.05) is 25.0 Å². The summed E-state index contributed by atoms with van der Waals surface area (Å²) in [6, 6.07) is 6.27. The number of hydrogen-bond acceptors (Lipinski definition) is 2. The molecule has 0 saturated carbocycles. The largest absolute Gasteiger partial charge is 0.342 e. The fourth-order valence-corrected chi connectivity index (χ4v) is 2.14. The van der Waals surface area contributed by atoms with E-state index in [0.717, 1.165) is 36.2 Å². The van der Waals surface area contributed by atoms with E-state index in [-0.39, 0.29) is 0 Å². The molecule has 0 saturated heterocycles. The minimum atomic E-state index is 0.809. The van der Waals surface area contributed by atoms with Crippen molar-refractivity contribution in [1.29, 1.82) is 0 Å². The molecule has 0 atom stereocenters. The van der Waals surface area contributed by atoms with Gasteiger partial charge in [0.2, 0.25) is 0 Å². The minimum Gasteiger partial charge on any atom is -0.342 e. The third-order valence-corrected chi connectivity index (χ3v) is 3.13. The number of imidazole rings is 1. The van der Waals surface area contributed by atoms with Gasteiger partial charge in [0.1, 0.15) is 5.82 Å². The van der Waals surface area contributed by atoms with E-state index >= 15 is 0 Å². The number of benzene rings is 1. The van der Waals surface area contributed by atoms with Crippen LogP contribution in [0.15, 0.2) is 18.2 Å². The molecular formula is C14H21N3. The van der Waals surface area contributed by atoms with Crippen LogP contribution in [0.3, 0.4) is 0 Å². The van der Waals surface area contributed by atoms with Gasteiger partial charge < -0.3 is 10.7 Å². The monoisotopic (exact) mass is 231 g/mol. The number of aryl methyl sites for hydroxylation is 2. The SMILES string of the molecule is Cc1cccc2[nH]c(CCCCCCN)nc12. The van der Waals surface area contributed by atoms with Gasteiger partial charge in [0.05, 0.1) is 11.0 Å². The summed E-state index contributed by atoms with van der Waals surface area (Å²) in [5.74, 6) is 1.11. The molecule has 0 amide bonds. The summed E-state index contributed by atoms with van der Waals surface area (Å²) < 4.78 is 0. The molecule has 0 bridgehead atoms. The number of nitrogens with zero attached hydrogens (tertiary/aromatic N) is 1. The van der Waals surface area contributed by atoms with Crippen LogP contribution in [0, 0.1) is 6.92 Å². The predicted octanol–water partition coefficient (Wildman–Crippen LogP) is 2.93. The third-order valence-electron chi connectivity index (χ3n) is 3.13. The molecule has 3 nitrogen and oxygen atoms in total. The van der Waals surface area contributed by atoms with Crippen LogP contribution in [-0.2, 0) is 6.42 Å². The Hall–Kier alpha value is -1.35.